The highest BCUT2D eigenvalue weighted by Crippen LogP contribution is 2.48. The molecule has 4 fully saturated rings. The van der Waals surface area contributed by atoms with Crippen LogP contribution in [0.4, 0.5) is 16.4 Å². The standard InChI is InChI=1S/C47H58N14O5/c1-47(2,3)61-45-38(42(48)51-27-52-45)39(54-61)40-37(41(66-56-40)31-5-6-31)43-49-24-29(25-50-43)14-21-65-22-15-36(63)59-18-9-28(10-19-59)26-58-16-11-30(12-17-58)32-7-8-33-34(23-32)57(4)55-44(33)60-20-13-35(62)53-46(60)64/h7-8,23-25,27-28,30-31H,5-6,9-22,26H2,1-4H3,(H2,48,51,52)(H,53,62,64). The first kappa shape index (κ1) is 43.5. The number of carbonyl (C=O) groups is 3. The molecule has 3 aliphatic heterocycles. The second-order valence-corrected chi connectivity index (χ2v) is 19.3. The van der Waals surface area contributed by atoms with Crippen LogP contribution in [0.1, 0.15) is 101 Å². The Hall–Kier alpha value is -6.34. The smallest absolute Gasteiger partial charge is 0.329 e. The van der Waals surface area contributed by atoms with Crippen LogP contribution in [0, 0.1) is 5.92 Å². The van der Waals surface area contributed by atoms with Gasteiger partial charge >= 0.3 is 6.03 Å². The summed E-state index contributed by atoms with van der Waals surface area (Å²) >= 11 is 0. The molecule has 0 spiro atoms. The predicted molar refractivity (Wildman–Crippen MR) is 246 cm³/mol. The first-order valence-electron chi connectivity index (χ1n) is 23.4. The minimum atomic E-state index is -0.421. The van der Waals surface area contributed by atoms with Gasteiger partial charge in [0.2, 0.25) is 11.8 Å². The molecule has 4 aliphatic rings. The summed E-state index contributed by atoms with van der Waals surface area (Å²) in [4.78, 5) is 61.8. The number of piperidine rings is 2. The van der Waals surface area contributed by atoms with E-state index in [4.69, 9.17) is 30.1 Å². The van der Waals surface area contributed by atoms with Crippen LogP contribution in [0.15, 0.2) is 41.4 Å². The molecule has 346 valence electrons. The zero-order valence-corrected chi connectivity index (χ0v) is 38.2. The lowest BCUT2D eigenvalue weighted by atomic mass is 9.88. The number of hydrogen-bond acceptors (Lipinski definition) is 14. The molecule has 0 bridgehead atoms. The van der Waals surface area contributed by atoms with Gasteiger partial charge < -0.3 is 24.8 Å². The topological polar surface area (TPSA) is 221 Å². The van der Waals surface area contributed by atoms with Gasteiger partial charge in [-0.25, -0.2) is 29.4 Å². The zero-order valence-electron chi connectivity index (χ0n) is 38.2. The molecule has 19 heteroatoms. The van der Waals surface area contributed by atoms with Crippen LogP contribution in [0.3, 0.4) is 0 Å². The Labute approximate surface area is 382 Å². The van der Waals surface area contributed by atoms with E-state index in [-0.39, 0.29) is 29.7 Å². The molecule has 3 N–H and O–H groups in total. The number of likely N-dealkylation sites (tertiary alicyclic amines) is 2. The molecule has 3 saturated heterocycles. The number of nitrogens with one attached hydrogen (secondary N) is 1. The molecule has 8 heterocycles. The number of nitrogen functional groups attached to an aromatic ring is 1. The number of amides is 4. The molecule has 6 aromatic rings. The van der Waals surface area contributed by atoms with Gasteiger partial charge in [-0.1, -0.05) is 11.2 Å². The van der Waals surface area contributed by atoms with Gasteiger partial charge in [0.1, 0.15) is 23.5 Å². The van der Waals surface area contributed by atoms with Crippen molar-refractivity contribution in [3.8, 4) is 22.8 Å². The molecular weight excluding hydrogens is 841 g/mol. The van der Waals surface area contributed by atoms with Crippen molar-refractivity contribution in [2.24, 2.45) is 13.0 Å². The summed E-state index contributed by atoms with van der Waals surface area (Å²) in [5.74, 6) is 3.36. The van der Waals surface area contributed by atoms with E-state index < -0.39 is 6.03 Å². The van der Waals surface area contributed by atoms with Crippen molar-refractivity contribution in [3.63, 3.8) is 0 Å². The van der Waals surface area contributed by atoms with Crippen molar-refractivity contribution >= 4 is 51.4 Å². The van der Waals surface area contributed by atoms with Crippen LogP contribution < -0.4 is 16.0 Å². The number of urea groups is 1. The predicted octanol–water partition coefficient (Wildman–Crippen LogP) is 5.55. The molecule has 5 aromatic heterocycles. The van der Waals surface area contributed by atoms with E-state index in [9.17, 15) is 14.4 Å². The number of nitrogens with zero attached hydrogens (tertiary/aromatic N) is 12. The van der Waals surface area contributed by atoms with Gasteiger partial charge in [0.25, 0.3) is 0 Å². The monoisotopic (exact) mass is 898 g/mol. The van der Waals surface area contributed by atoms with Crippen molar-refractivity contribution in [2.75, 3.05) is 63.1 Å². The Balaban J connectivity index is 0.663. The third kappa shape index (κ3) is 8.72. The van der Waals surface area contributed by atoms with Crippen LogP contribution in [0.2, 0.25) is 0 Å². The van der Waals surface area contributed by atoms with Gasteiger partial charge in [0, 0.05) is 63.3 Å². The van der Waals surface area contributed by atoms with E-state index in [1.165, 1.54) is 11.9 Å². The van der Waals surface area contributed by atoms with Gasteiger partial charge in [-0.2, -0.15) is 10.2 Å². The van der Waals surface area contributed by atoms with Gasteiger partial charge in [-0.3, -0.25) is 24.5 Å². The number of anilines is 2. The van der Waals surface area contributed by atoms with Gasteiger partial charge in [0.15, 0.2) is 23.0 Å². The molecule has 19 nitrogen and oxygen atoms in total. The SMILES string of the molecule is Cn1nc(N2CCC(=O)NC2=O)c2ccc(C3CCN(CC4CCN(C(=O)CCOCCc5cnc(-c6c(-c7nn(C(C)(C)C)c8ncnc(N)c78)noc6C6CC6)nc5)CC4)CC3)cc21. The number of benzene rings is 1. The van der Waals surface area contributed by atoms with Crippen LogP contribution >= 0.6 is 0 Å². The summed E-state index contributed by atoms with van der Waals surface area (Å²) in [5.41, 5.74) is 11.6. The van der Waals surface area contributed by atoms with E-state index in [1.54, 1.807) is 4.90 Å². The van der Waals surface area contributed by atoms with Gasteiger partial charge in [0.05, 0.1) is 41.6 Å². The molecule has 0 unspecified atom stereocenters. The second-order valence-electron chi connectivity index (χ2n) is 19.3. The minimum Gasteiger partial charge on any atom is -0.383 e. The third-order valence-corrected chi connectivity index (χ3v) is 13.7. The van der Waals surface area contributed by atoms with Crippen LogP contribution in [0.5, 0.6) is 0 Å². The average molecular weight is 899 g/mol. The van der Waals surface area contributed by atoms with Crippen molar-refractivity contribution in [3.05, 3.63) is 53.8 Å². The number of hydrogen-bond donors (Lipinski definition) is 2. The Morgan fingerprint density at radius 2 is 1.68 bits per heavy atom. The number of nitrogens with two attached hydrogens (primary N) is 1. The van der Waals surface area contributed by atoms with E-state index in [0.29, 0.717) is 89.9 Å². The van der Waals surface area contributed by atoms with E-state index >= 15 is 0 Å². The number of carbonyl (C=O) groups excluding carboxylic acids is 3. The lowest BCUT2D eigenvalue weighted by Gasteiger charge is -2.38. The number of aryl methyl sites for hydroxylation is 1. The molecule has 0 atom stereocenters. The molecular formula is C47H58N14O5. The molecule has 10 rings (SSSR count). The molecule has 0 radical (unpaired) electrons. The second kappa shape index (κ2) is 17.8. The van der Waals surface area contributed by atoms with Crippen LogP contribution in [0.25, 0.3) is 44.7 Å². The molecule has 66 heavy (non-hydrogen) atoms. The average Bonchev–Trinajstić information content (AvgIpc) is 3.79. The fraction of sp³-hybridized carbons (Fsp3) is 0.532. The van der Waals surface area contributed by atoms with Crippen molar-refractivity contribution in [2.45, 2.75) is 95.9 Å². The Bertz CT molecular complexity index is 2770. The third-order valence-electron chi connectivity index (χ3n) is 13.7. The van der Waals surface area contributed by atoms with Gasteiger partial charge in [-0.05, 0) is 114 Å². The summed E-state index contributed by atoms with van der Waals surface area (Å²) in [5, 5.41) is 18.0. The first-order valence-corrected chi connectivity index (χ1v) is 23.4. The summed E-state index contributed by atoms with van der Waals surface area (Å²) in [6.45, 7) is 12.1. The van der Waals surface area contributed by atoms with Crippen molar-refractivity contribution in [1.29, 1.82) is 0 Å². The zero-order chi connectivity index (χ0) is 45.7. The summed E-state index contributed by atoms with van der Waals surface area (Å²) < 4.78 is 15.6. The highest BCUT2D eigenvalue weighted by molar-refractivity contribution is 6.09. The number of imide groups is 1. The maximum absolute atomic E-state index is 13.2. The lowest BCUT2D eigenvalue weighted by Crippen LogP contribution is -2.49. The molecule has 1 saturated carbocycles. The first-order chi connectivity index (χ1) is 31.9. The lowest BCUT2D eigenvalue weighted by molar-refractivity contribution is -0.133. The number of rotatable bonds is 13. The maximum Gasteiger partial charge on any atom is 0.329 e. The van der Waals surface area contributed by atoms with E-state index in [2.05, 4.69) is 69.4 Å². The van der Waals surface area contributed by atoms with Crippen molar-refractivity contribution in [1.82, 2.24) is 59.8 Å². The number of aromatic nitrogens is 9. The minimum absolute atomic E-state index is 0.151. The molecule has 4 amide bonds. The van der Waals surface area contributed by atoms with E-state index in [0.717, 1.165) is 93.5 Å². The number of ether oxygens (including phenoxy) is 1. The van der Waals surface area contributed by atoms with Crippen LogP contribution in [-0.2, 0) is 33.3 Å². The summed E-state index contributed by atoms with van der Waals surface area (Å²) in [7, 11) is 1.90. The fourth-order valence-electron chi connectivity index (χ4n) is 9.79. The summed E-state index contributed by atoms with van der Waals surface area (Å²) in [6, 6.07) is 6.04. The Morgan fingerprint density at radius 1 is 0.909 bits per heavy atom. The van der Waals surface area contributed by atoms with Gasteiger partial charge in [-0.15, -0.1) is 0 Å². The van der Waals surface area contributed by atoms with Crippen molar-refractivity contribution < 1.29 is 23.6 Å². The maximum atomic E-state index is 13.2. The normalized spacial score (nSPS) is 18.2. The fourth-order valence-corrected chi connectivity index (χ4v) is 9.79. The Morgan fingerprint density at radius 3 is 2.41 bits per heavy atom. The quantitative estimate of drug-likeness (QED) is 0.136. The van der Waals surface area contributed by atoms with Crippen LogP contribution in [-0.4, -0.2) is 125 Å². The Kier molecular flexibility index (Phi) is 11.7. The molecule has 1 aromatic carbocycles. The van der Waals surface area contributed by atoms with E-state index in [1.807, 2.05) is 33.7 Å². The number of fused-ring (bicyclic) bond motifs is 2. The molecule has 1 aliphatic carbocycles. The summed E-state index contributed by atoms with van der Waals surface area (Å²) in [6.07, 6.45) is 12.5. The largest absolute Gasteiger partial charge is 0.383 e. The highest BCUT2D eigenvalue weighted by Gasteiger charge is 2.37. The highest BCUT2D eigenvalue weighted by atomic mass is 16.5.